The molecule has 0 heterocycles. The van der Waals surface area contributed by atoms with Crippen LogP contribution in [0.4, 0.5) is 11.4 Å². The van der Waals surface area contributed by atoms with E-state index in [4.69, 9.17) is 4.74 Å². The molecule has 1 N–H and O–H groups in total. The largest absolute Gasteiger partial charge is 0.494 e. The van der Waals surface area contributed by atoms with Crippen molar-refractivity contribution in [3.8, 4) is 5.75 Å². The number of ether oxygens (including phenoxy) is 1. The molecule has 0 spiro atoms. The molecular formula is C21H26N2O4. The molecule has 0 saturated heterocycles. The van der Waals surface area contributed by atoms with Crippen molar-refractivity contribution in [2.24, 2.45) is 0 Å². The van der Waals surface area contributed by atoms with Crippen molar-refractivity contribution < 1.29 is 14.5 Å². The molecule has 0 aliphatic carbocycles. The Kier molecular flexibility index (Phi) is 6.93. The van der Waals surface area contributed by atoms with Gasteiger partial charge in [0.15, 0.2) is 0 Å². The molecular weight excluding hydrogens is 344 g/mol. The summed E-state index contributed by atoms with van der Waals surface area (Å²) < 4.78 is 5.71. The van der Waals surface area contributed by atoms with Gasteiger partial charge in [-0.1, -0.05) is 26.0 Å². The average Bonchev–Trinajstić information content (AvgIpc) is 2.60. The highest BCUT2D eigenvalue weighted by Gasteiger charge is 2.15. The van der Waals surface area contributed by atoms with E-state index in [0.717, 1.165) is 11.3 Å². The fraction of sp³-hybridized carbons (Fsp3) is 0.381. The molecule has 27 heavy (non-hydrogen) atoms. The minimum Gasteiger partial charge on any atom is -0.494 e. The van der Waals surface area contributed by atoms with E-state index in [1.807, 2.05) is 12.1 Å². The Morgan fingerprint density at radius 2 is 1.93 bits per heavy atom. The summed E-state index contributed by atoms with van der Waals surface area (Å²) in [7, 11) is 0. The number of nitrogens with zero attached hydrogens (tertiary/aromatic N) is 1. The zero-order chi connectivity index (χ0) is 20.0. The molecule has 0 aliphatic heterocycles. The van der Waals surface area contributed by atoms with Crippen LogP contribution in [0.15, 0.2) is 36.4 Å². The minimum atomic E-state index is -0.491. The van der Waals surface area contributed by atoms with Crippen LogP contribution in [0.2, 0.25) is 0 Å². The fourth-order valence-corrected chi connectivity index (χ4v) is 2.92. The maximum Gasteiger partial charge on any atom is 0.293 e. The second kappa shape index (κ2) is 9.16. The van der Waals surface area contributed by atoms with Crippen LogP contribution in [0.1, 0.15) is 49.3 Å². The van der Waals surface area contributed by atoms with Gasteiger partial charge in [0.1, 0.15) is 11.4 Å². The van der Waals surface area contributed by atoms with Crippen molar-refractivity contribution in [3.63, 3.8) is 0 Å². The summed E-state index contributed by atoms with van der Waals surface area (Å²) in [4.78, 5) is 22.7. The number of nitro benzene ring substituents is 1. The Hall–Kier alpha value is -2.89. The van der Waals surface area contributed by atoms with Gasteiger partial charge in [-0.05, 0) is 61.1 Å². The Balaban J connectivity index is 1.83. The summed E-state index contributed by atoms with van der Waals surface area (Å²) >= 11 is 0. The van der Waals surface area contributed by atoms with E-state index in [0.29, 0.717) is 18.9 Å². The monoisotopic (exact) mass is 370 g/mol. The zero-order valence-corrected chi connectivity index (χ0v) is 16.2. The lowest BCUT2D eigenvalue weighted by Crippen LogP contribution is -2.14. The van der Waals surface area contributed by atoms with Crippen LogP contribution in [0.3, 0.4) is 0 Å². The molecule has 2 aromatic rings. The third-order valence-corrected chi connectivity index (χ3v) is 4.30. The van der Waals surface area contributed by atoms with E-state index >= 15 is 0 Å². The smallest absolute Gasteiger partial charge is 0.293 e. The lowest BCUT2D eigenvalue weighted by molar-refractivity contribution is -0.384. The Bertz CT molecular complexity index is 831. The maximum absolute atomic E-state index is 12.1. The number of benzene rings is 2. The van der Waals surface area contributed by atoms with E-state index < -0.39 is 4.92 Å². The Morgan fingerprint density at radius 3 is 2.56 bits per heavy atom. The number of hydrogen-bond acceptors (Lipinski definition) is 4. The second-order valence-corrected chi connectivity index (χ2v) is 6.95. The molecule has 0 aliphatic rings. The molecule has 0 aromatic heterocycles. The fourth-order valence-electron chi connectivity index (χ4n) is 2.92. The van der Waals surface area contributed by atoms with Crippen molar-refractivity contribution in [1.82, 2.24) is 0 Å². The minimum absolute atomic E-state index is 0.0969. The number of carbonyl (C=O) groups is 1. The third kappa shape index (κ3) is 5.81. The van der Waals surface area contributed by atoms with Gasteiger partial charge in [-0.15, -0.1) is 0 Å². The lowest BCUT2D eigenvalue weighted by Gasteiger charge is -2.12. The predicted octanol–water partition coefficient (Wildman–Crippen LogP) is 5.13. The molecule has 0 radical (unpaired) electrons. The van der Waals surface area contributed by atoms with E-state index in [9.17, 15) is 14.9 Å². The standard InChI is InChI=1S/C21H26N2O4/c1-14(2)18-9-8-17(13-16(18)4)27-11-5-6-21(24)22-19-10-7-15(3)12-20(19)23(25)26/h7-10,12-14H,5-6,11H2,1-4H3,(H,22,24). The molecule has 2 rings (SSSR count). The molecule has 6 nitrogen and oxygen atoms in total. The molecule has 6 heteroatoms. The second-order valence-electron chi connectivity index (χ2n) is 6.95. The normalized spacial score (nSPS) is 10.7. The number of anilines is 1. The van der Waals surface area contributed by atoms with Gasteiger partial charge in [-0.25, -0.2) is 0 Å². The first kappa shape index (κ1) is 20.4. The predicted molar refractivity (Wildman–Crippen MR) is 106 cm³/mol. The van der Waals surface area contributed by atoms with E-state index in [1.165, 1.54) is 17.2 Å². The number of carbonyl (C=O) groups excluding carboxylic acids is 1. The van der Waals surface area contributed by atoms with Gasteiger partial charge in [0.05, 0.1) is 11.5 Å². The molecule has 0 saturated carbocycles. The van der Waals surface area contributed by atoms with Crippen molar-refractivity contribution in [2.75, 3.05) is 11.9 Å². The van der Waals surface area contributed by atoms with Crippen LogP contribution in [-0.4, -0.2) is 17.4 Å². The van der Waals surface area contributed by atoms with Crippen LogP contribution in [0.5, 0.6) is 5.75 Å². The summed E-state index contributed by atoms with van der Waals surface area (Å²) in [5, 5.41) is 13.7. The van der Waals surface area contributed by atoms with Crippen LogP contribution < -0.4 is 10.1 Å². The summed E-state index contributed by atoms with van der Waals surface area (Å²) in [6, 6.07) is 10.7. The van der Waals surface area contributed by atoms with Gasteiger partial charge in [-0.3, -0.25) is 14.9 Å². The number of aryl methyl sites for hydroxylation is 2. The maximum atomic E-state index is 12.1. The lowest BCUT2D eigenvalue weighted by atomic mass is 9.98. The van der Waals surface area contributed by atoms with Gasteiger partial charge in [-0.2, -0.15) is 0 Å². The number of rotatable bonds is 8. The number of amides is 1. The first-order valence-electron chi connectivity index (χ1n) is 9.06. The molecule has 1 amide bonds. The van der Waals surface area contributed by atoms with Crippen LogP contribution in [-0.2, 0) is 4.79 Å². The van der Waals surface area contributed by atoms with Gasteiger partial charge in [0, 0.05) is 12.5 Å². The summed E-state index contributed by atoms with van der Waals surface area (Å²) in [6.07, 6.45) is 0.755. The highest BCUT2D eigenvalue weighted by molar-refractivity contribution is 5.93. The van der Waals surface area contributed by atoms with Gasteiger partial charge < -0.3 is 10.1 Å². The van der Waals surface area contributed by atoms with Gasteiger partial charge >= 0.3 is 0 Å². The zero-order valence-electron chi connectivity index (χ0n) is 16.2. The number of hydrogen-bond donors (Lipinski definition) is 1. The SMILES string of the molecule is Cc1ccc(NC(=O)CCCOc2ccc(C(C)C)c(C)c2)c([N+](=O)[O-])c1. The van der Waals surface area contributed by atoms with Crippen LogP contribution >= 0.6 is 0 Å². The Labute approximate surface area is 159 Å². The quantitative estimate of drug-likeness (QED) is 0.397. The third-order valence-electron chi connectivity index (χ3n) is 4.30. The molecule has 0 atom stereocenters. The molecule has 144 valence electrons. The van der Waals surface area contributed by atoms with E-state index in [1.54, 1.807) is 19.1 Å². The van der Waals surface area contributed by atoms with Crippen molar-refractivity contribution in [2.45, 2.75) is 46.5 Å². The summed E-state index contributed by atoms with van der Waals surface area (Å²) in [5.41, 5.74) is 3.37. The van der Waals surface area contributed by atoms with Crippen molar-refractivity contribution in [1.29, 1.82) is 0 Å². The molecule has 0 bridgehead atoms. The Morgan fingerprint density at radius 1 is 1.19 bits per heavy atom. The van der Waals surface area contributed by atoms with Gasteiger partial charge in [0.25, 0.3) is 5.69 Å². The highest BCUT2D eigenvalue weighted by Crippen LogP contribution is 2.26. The summed E-state index contributed by atoms with van der Waals surface area (Å²) in [5.74, 6) is 0.983. The topological polar surface area (TPSA) is 81.5 Å². The average molecular weight is 370 g/mol. The summed E-state index contributed by atoms with van der Waals surface area (Å²) in [6.45, 7) is 8.54. The van der Waals surface area contributed by atoms with Crippen LogP contribution in [0, 0.1) is 24.0 Å². The molecule has 0 unspecified atom stereocenters. The first-order valence-corrected chi connectivity index (χ1v) is 9.06. The van der Waals surface area contributed by atoms with E-state index in [-0.39, 0.29) is 23.7 Å². The first-order chi connectivity index (χ1) is 12.8. The van der Waals surface area contributed by atoms with Crippen LogP contribution in [0.25, 0.3) is 0 Å². The highest BCUT2D eigenvalue weighted by atomic mass is 16.6. The van der Waals surface area contributed by atoms with Gasteiger partial charge in [0.2, 0.25) is 5.91 Å². The number of nitro groups is 1. The van der Waals surface area contributed by atoms with E-state index in [2.05, 4.69) is 32.2 Å². The number of nitrogens with one attached hydrogen (secondary N) is 1. The van der Waals surface area contributed by atoms with Crippen molar-refractivity contribution in [3.05, 3.63) is 63.2 Å². The van der Waals surface area contributed by atoms with Crippen molar-refractivity contribution >= 4 is 17.3 Å². The molecule has 0 fully saturated rings. The molecule has 2 aromatic carbocycles.